The lowest BCUT2D eigenvalue weighted by Crippen LogP contribution is -2.34. The van der Waals surface area contributed by atoms with Crippen LogP contribution in [0.4, 0.5) is 28.9 Å². The number of amides is 2. The van der Waals surface area contributed by atoms with Crippen molar-refractivity contribution in [2.45, 2.75) is 24.9 Å². The first-order valence-electron chi connectivity index (χ1n) is 10.5. The second-order valence-corrected chi connectivity index (χ2v) is 8.90. The van der Waals surface area contributed by atoms with Gasteiger partial charge in [0.15, 0.2) is 0 Å². The van der Waals surface area contributed by atoms with Gasteiger partial charge in [0.2, 0.25) is 0 Å². The predicted octanol–water partition coefficient (Wildman–Crippen LogP) is 5.59. The molecule has 0 unspecified atom stereocenters. The fraction of sp³-hybridized carbons (Fsp3) is 0.217. The standard InChI is InChI=1S/C23H17Cl2F4N5O2/c24-15-4-13(19-14(10-1-2-10)7-31-8-18(19)30)17(26)5-12(15)21(35)34-11-3-16(25)20(32-6-11)22(36)33-9-23(27,28)29/h3-8,10H,1-2,9,30H2,(H,33,36)(H,34,35). The number of carbonyl (C=O) groups excluding carboxylic acids is 2. The number of nitrogens with two attached hydrogens (primary N) is 1. The number of alkyl halides is 3. The van der Waals surface area contributed by atoms with Gasteiger partial charge in [-0.05, 0) is 42.5 Å². The van der Waals surface area contributed by atoms with Crippen LogP contribution in [-0.2, 0) is 0 Å². The van der Waals surface area contributed by atoms with Crippen molar-refractivity contribution < 1.29 is 27.2 Å². The molecule has 4 N–H and O–H groups in total. The molecule has 0 radical (unpaired) electrons. The lowest BCUT2D eigenvalue weighted by molar-refractivity contribution is -0.123. The van der Waals surface area contributed by atoms with Crippen LogP contribution in [0.25, 0.3) is 11.1 Å². The van der Waals surface area contributed by atoms with Gasteiger partial charge in [-0.1, -0.05) is 23.2 Å². The lowest BCUT2D eigenvalue weighted by atomic mass is 9.95. The summed E-state index contributed by atoms with van der Waals surface area (Å²) in [5.41, 5.74) is 7.13. The molecule has 0 bridgehead atoms. The van der Waals surface area contributed by atoms with Crippen LogP contribution in [0.15, 0.2) is 36.8 Å². The summed E-state index contributed by atoms with van der Waals surface area (Å²) in [7, 11) is 0. The molecule has 13 heteroatoms. The fourth-order valence-electron chi connectivity index (χ4n) is 3.56. The van der Waals surface area contributed by atoms with Crippen molar-refractivity contribution in [3.8, 4) is 11.1 Å². The van der Waals surface area contributed by atoms with Crippen LogP contribution in [0.5, 0.6) is 0 Å². The van der Waals surface area contributed by atoms with E-state index in [9.17, 15) is 22.8 Å². The van der Waals surface area contributed by atoms with Crippen molar-refractivity contribution in [3.63, 3.8) is 0 Å². The van der Waals surface area contributed by atoms with Crippen molar-refractivity contribution in [2.24, 2.45) is 0 Å². The van der Waals surface area contributed by atoms with E-state index in [1.807, 2.05) is 0 Å². The van der Waals surface area contributed by atoms with Crippen molar-refractivity contribution in [2.75, 3.05) is 17.6 Å². The lowest BCUT2D eigenvalue weighted by Gasteiger charge is -2.15. The van der Waals surface area contributed by atoms with E-state index in [-0.39, 0.29) is 38.5 Å². The van der Waals surface area contributed by atoms with Gasteiger partial charge >= 0.3 is 6.18 Å². The molecule has 1 fully saturated rings. The number of rotatable bonds is 6. The monoisotopic (exact) mass is 541 g/mol. The highest BCUT2D eigenvalue weighted by atomic mass is 35.5. The number of nitrogens with zero attached hydrogens (tertiary/aromatic N) is 2. The number of hydrogen-bond acceptors (Lipinski definition) is 5. The van der Waals surface area contributed by atoms with Crippen molar-refractivity contribution in [3.05, 3.63) is 69.5 Å². The highest BCUT2D eigenvalue weighted by molar-refractivity contribution is 6.35. The average molecular weight is 542 g/mol. The van der Waals surface area contributed by atoms with E-state index in [0.717, 1.165) is 36.7 Å². The Bertz CT molecular complexity index is 1360. The molecule has 188 valence electrons. The van der Waals surface area contributed by atoms with Crippen LogP contribution in [0.3, 0.4) is 0 Å². The highest BCUT2D eigenvalue weighted by Crippen LogP contribution is 2.46. The van der Waals surface area contributed by atoms with Crippen molar-refractivity contribution >= 4 is 46.4 Å². The predicted molar refractivity (Wildman–Crippen MR) is 127 cm³/mol. The summed E-state index contributed by atoms with van der Waals surface area (Å²) in [6.45, 7) is -1.56. The Kier molecular flexibility index (Phi) is 7.05. The van der Waals surface area contributed by atoms with Crippen molar-refractivity contribution in [1.29, 1.82) is 0 Å². The molecule has 2 aromatic heterocycles. The Morgan fingerprint density at radius 3 is 2.42 bits per heavy atom. The van der Waals surface area contributed by atoms with Gasteiger partial charge in [-0.25, -0.2) is 9.37 Å². The molecule has 4 rings (SSSR count). The maximum atomic E-state index is 15.1. The van der Waals surface area contributed by atoms with E-state index in [1.165, 1.54) is 12.3 Å². The number of benzene rings is 1. The SMILES string of the molecule is Nc1cncc(C2CC2)c1-c1cc(Cl)c(C(=O)Nc2cnc(C(=O)NCC(F)(F)F)c(Cl)c2)cc1F. The Hall–Kier alpha value is -3.44. The van der Waals surface area contributed by atoms with Gasteiger partial charge in [0.25, 0.3) is 11.8 Å². The smallest absolute Gasteiger partial charge is 0.397 e. The molecule has 1 aliphatic carbocycles. The number of anilines is 2. The van der Waals surface area contributed by atoms with E-state index in [0.29, 0.717) is 5.56 Å². The maximum absolute atomic E-state index is 15.1. The van der Waals surface area contributed by atoms with Crippen LogP contribution in [0.1, 0.15) is 45.2 Å². The largest absolute Gasteiger partial charge is 0.405 e. The van der Waals surface area contributed by atoms with E-state index in [2.05, 4.69) is 15.3 Å². The van der Waals surface area contributed by atoms with Crippen LogP contribution < -0.4 is 16.4 Å². The van der Waals surface area contributed by atoms with Gasteiger partial charge < -0.3 is 16.4 Å². The second-order valence-electron chi connectivity index (χ2n) is 8.09. The van der Waals surface area contributed by atoms with Gasteiger partial charge in [-0.2, -0.15) is 13.2 Å². The first-order chi connectivity index (χ1) is 16.9. The normalized spacial score (nSPS) is 13.4. The third-order valence-electron chi connectivity index (χ3n) is 5.36. The highest BCUT2D eigenvalue weighted by Gasteiger charge is 2.30. The third kappa shape index (κ3) is 5.68. The summed E-state index contributed by atoms with van der Waals surface area (Å²) in [5, 5.41) is 3.71. The molecule has 0 saturated heterocycles. The molecule has 3 aromatic rings. The fourth-order valence-corrected chi connectivity index (χ4v) is 4.06. The molecule has 1 aromatic carbocycles. The molecule has 7 nitrogen and oxygen atoms in total. The first-order valence-corrected chi connectivity index (χ1v) is 11.2. The summed E-state index contributed by atoms with van der Waals surface area (Å²) in [5.74, 6) is -2.44. The van der Waals surface area contributed by atoms with Crippen LogP contribution >= 0.6 is 23.2 Å². The number of carbonyl (C=O) groups is 2. The molecular formula is C23H17Cl2F4N5O2. The molecule has 2 amide bonds. The molecule has 1 saturated carbocycles. The van der Waals surface area contributed by atoms with E-state index >= 15 is 4.39 Å². The Balaban J connectivity index is 1.55. The summed E-state index contributed by atoms with van der Waals surface area (Å²) in [6.07, 6.45) is 1.34. The second kappa shape index (κ2) is 9.90. The van der Waals surface area contributed by atoms with Gasteiger partial charge in [0.05, 0.1) is 39.4 Å². The minimum absolute atomic E-state index is 0.00678. The molecule has 0 aliphatic heterocycles. The molecule has 2 heterocycles. The summed E-state index contributed by atoms with van der Waals surface area (Å²) < 4.78 is 52.0. The molecule has 1 aliphatic rings. The van der Waals surface area contributed by atoms with E-state index in [1.54, 1.807) is 11.5 Å². The summed E-state index contributed by atoms with van der Waals surface area (Å²) in [4.78, 5) is 32.4. The number of hydrogen-bond donors (Lipinski definition) is 3. The molecule has 0 spiro atoms. The van der Waals surface area contributed by atoms with Crippen LogP contribution in [0.2, 0.25) is 10.0 Å². The zero-order valence-corrected chi connectivity index (χ0v) is 19.7. The zero-order chi connectivity index (χ0) is 26.2. The number of halogens is 6. The van der Waals surface area contributed by atoms with Gasteiger partial charge in [-0.3, -0.25) is 14.6 Å². The topological polar surface area (TPSA) is 110 Å². The maximum Gasteiger partial charge on any atom is 0.405 e. The van der Waals surface area contributed by atoms with E-state index in [4.69, 9.17) is 28.9 Å². The van der Waals surface area contributed by atoms with Crippen LogP contribution in [-0.4, -0.2) is 34.5 Å². The minimum atomic E-state index is -4.61. The summed E-state index contributed by atoms with van der Waals surface area (Å²) in [6, 6.07) is 3.40. The Morgan fingerprint density at radius 1 is 1.06 bits per heavy atom. The summed E-state index contributed by atoms with van der Waals surface area (Å²) >= 11 is 12.3. The Labute approximate surface area is 212 Å². The first kappa shape index (κ1) is 25.6. The van der Waals surface area contributed by atoms with Crippen molar-refractivity contribution in [1.82, 2.24) is 15.3 Å². The number of pyridine rings is 2. The number of aromatic nitrogens is 2. The van der Waals surface area contributed by atoms with Gasteiger partial charge in [0.1, 0.15) is 18.1 Å². The average Bonchev–Trinajstić information content (AvgIpc) is 3.64. The number of nitrogen functional groups attached to an aromatic ring is 1. The third-order valence-corrected chi connectivity index (χ3v) is 5.96. The zero-order valence-electron chi connectivity index (χ0n) is 18.2. The van der Waals surface area contributed by atoms with E-state index < -0.39 is 36.0 Å². The molecule has 0 atom stereocenters. The van der Waals surface area contributed by atoms with Gasteiger partial charge in [0, 0.05) is 17.3 Å². The number of nitrogens with one attached hydrogen (secondary N) is 2. The molecule has 36 heavy (non-hydrogen) atoms. The van der Waals surface area contributed by atoms with Crippen LogP contribution in [0, 0.1) is 5.82 Å². The van der Waals surface area contributed by atoms with Gasteiger partial charge in [-0.15, -0.1) is 0 Å². The quantitative estimate of drug-likeness (QED) is 0.352. The minimum Gasteiger partial charge on any atom is -0.397 e. The molecular weight excluding hydrogens is 525 g/mol. The Morgan fingerprint density at radius 2 is 1.78 bits per heavy atom.